The molecular formula is C16H15ClF2N2O. The first-order valence-corrected chi connectivity index (χ1v) is 7.08. The lowest BCUT2D eigenvalue weighted by Crippen LogP contribution is -2.32. The largest absolute Gasteiger partial charge is 0.376 e. The molecule has 0 spiro atoms. The van der Waals surface area contributed by atoms with Gasteiger partial charge in [0, 0.05) is 16.8 Å². The lowest BCUT2D eigenvalue weighted by molar-refractivity contribution is -0.120. The van der Waals surface area contributed by atoms with Gasteiger partial charge in [-0.15, -0.1) is 0 Å². The van der Waals surface area contributed by atoms with Gasteiger partial charge in [0.2, 0.25) is 5.91 Å². The Morgan fingerprint density at radius 2 is 1.91 bits per heavy atom. The number of carbonyl (C=O) groups is 1. The molecule has 0 aliphatic rings. The van der Waals surface area contributed by atoms with Crippen LogP contribution in [-0.2, 0) is 4.79 Å². The molecule has 0 aliphatic heterocycles. The van der Waals surface area contributed by atoms with Gasteiger partial charge in [-0.25, -0.2) is 8.78 Å². The quantitative estimate of drug-likeness (QED) is 0.875. The highest BCUT2D eigenvalue weighted by molar-refractivity contribution is 6.31. The summed E-state index contributed by atoms with van der Waals surface area (Å²) in [4.78, 5) is 11.9. The van der Waals surface area contributed by atoms with Crippen LogP contribution < -0.4 is 10.6 Å². The second-order valence-corrected chi connectivity index (χ2v) is 5.20. The average Bonchev–Trinajstić information content (AvgIpc) is 2.49. The highest BCUT2D eigenvalue weighted by atomic mass is 35.5. The summed E-state index contributed by atoms with van der Waals surface area (Å²) in [5.41, 5.74) is 1.14. The second kappa shape index (κ2) is 7.22. The van der Waals surface area contributed by atoms with E-state index in [0.29, 0.717) is 10.7 Å². The maximum atomic E-state index is 13.0. The molecule has 0 bridgehead atoms. The van der Waals surface area contributed by atoms with Crippen LogP contribution in [0.4, 0.5) is 14.5 Å². The van der Waals surface area contributed by atoms with E-state index in [1.54, 1.807) is 6.07 Å². The molecule has 0 saturated heterocycles. The van der Waals surface area contributed by atoms with Crippen LogP contribution in [0.5, 0.6) is 0 Å². The van der Waals surface area contributed by atoms with Crippen molar-refractivity contribution in [2.24, 2.45) is 0 Å². The van der Waals surface area contributed by atoms with Gasteiger partial charge in [0.05, 0.1) is 12.6 Å². The third-order valence-corrected chi connectivity index (χ3v) is 3.47. The minimum atomic E-state index is -0.963. The summed E-state index contributed by atoms with van der Waals surface area (Å²) < 4.78 is 25.8. The number of anilines is 1. The fourth-order valence-electron chi connectivity index (χ4n) is 1.98. The second-order valence-electron chi connectivity index (χ2n) is 4.79. The Morgan fingerprint density at radius 1 is 1.18 bits per heavy atom. The first-order valence-electron chi connectivity index (χ1n) is 6.70. The van der Waals surface area contributed by atoms with Crippen LogP contribution in [0, 0.1) is 11.6 Å². The van der Waals surface area contributed by atoms with Gasteiger partial charge in [-0.2, -0.15) is 0 Å². The smallest absolute Gasteiger partial charge is 0.239 e. The van der Waals surface area contributed by atoms with Crippen LogP contribution in [0.2, 0.25) is 5.02 Å². The number of hydrogen-bond donors (Lipinski definition) is 2. The molecule has 0 heterocycles. The fraction of sp³-hybridized carbons (Fsp3) is 0.188. The molecule has 0 radical (unpaired) electrons. The molecule has 22 heavy (non-hydrogen) atoms. The van der Waals surface area contributed by atoms with Crippen LogP contribution in [0.15, 0.2) is 42.5 Å². The third kappa shape index (κ3) is 4.18. The van der Waals surface area contributed by atoms with Gasteiger partial charge in [0.1, 0.15) is 0 Å². The molecule has 0 aromatic heterocycles. The van der Waals surface area contributed by atoms with Crippen molar-refractivity contribution in [2.75, 3.05) is 11.9 Å². The number of halogens is 3. The van der Waals surface area contributed by atoms with E-state index < -0.39 is 11.6 Å². The summed E-state index contributed by atoms with van der Waals surface area (Å²) in [7, 11) is 0. The van der Waals surface area contributed by atoms with Crippen LogP contribution in [0.1, 0.15) is 18.5 Å². The Labute approximate surface area is 132 Å². The van der Waals surface area contributed by atoms with Gasteiger partial charge in [-0.05, 0) is 30.7 Å². The van der Waals surface area contributed by atoms with Crippen molar-refractivity contribution in [1.82, 2.24) is 5.32 Å². The van der Waals surface area contributed by atoms with Gasteiger partial charge in [0.15, 0.2) is 11.6 Å². The molecule has 2 aromatic rings. The summed E-state index contributed by atoms with van der Waals surface area (Å²) in [6.07, 6.45) is 0. The zero-order chi connectivity index (χ0) is 16.1. The van der Waals surface area contributed by atoms with Crippen molar-refractivity contribution in [3.63, 3.8) is 0 Å². The Kier molecular flexibility index (Phi) is 5.33. The first kappa shape index (κ1) is 16.2. The van der Waals surface area contributed by atoms with Gasteiger partial charge >= 0.3 is 0 Å². The minimum absolute atomic E-state index is 0.0557. The summed E-state index contributed by atoms with van der Waals surface area (Å²) in [6, 6.07) is 10.3. The number of rotatable bonds is 5. The molecular weight excluding hydrogens is 310 g/mol. The molecule has 2 rings (SSSR count). The number of amides is 1. The summed E-state index contributed by atoms with van der Waals surface area (Å²) in [6.45, 7) is 1.76. The van der Waals surface area contributed by atoms with Crippen molar-refractivity contribution in [2.45, 2.75) is 13.0 Å². The average molecular weight is 325 g/mol. The van der Waals surface area contributed by atoms with Crippen LogP contribution in [-0.4, -0.2) is 12.5 Å². The van der Waals surface area contributed by atoms with Gasteiger partial charge in [-0.1, -0.05) is 29.8 Å². The van der Waals surface area contributed by atoms with Crippen LogP contribution >= 0.6 is 11.6 Å². The van der Waals surface area contributed by atoms with Crippen LogP contribution in [0.3, 0.4) is 0 Å². The zero-order valence-corrected chi connectivity index (χ0v) is 12.6. The van der Waals surface area contributed by atoms with Crippen LogP contribution in [0.25, 0.3) is 0 Å². The van der Waals surface area contributed by atoms with E-state index in [9.17, 15) is 13.6 Å². The Balaban J connectivity index is 1.90. The zero-order valence-electron chi connectivity index (χ0n) is 11.9. The van der Waals surface area contributed by atoms with Crippen molar-refractivity contribution in [3.05, 3.63) is 64.7 Å². The minimum Gasteiger partial charge on any atom is -0.376 e. The van der Waals surface area contributed by atoms with E-state index >= 15 is 0 Å². The van der Waals surface area contributed by atoms with Crippen molar-refractivity contribution in [3.8, 4) is 0 Å². The molecule has 116 valence electrons. The maximum Gasteiger partial charge on any atom is 0.239 e. The SMILES string of the molecule is CC(NC(=O)CNc1ccc(F)c(F)c1)c1ccccc1Cl. The maximum absolute atomic E-state index is 13.0. The molecule has 0 fully saturated rings. The Morgan fingerprint density at radius 3 is 2.59 bits per heavy atom. The highest BCUT2D eigenvalue weighted by Gasteiger charge is 2.12. The summed E-state index contributed by atoms with van der Waals surface area (Å²) >= 11 is 6.06. The molecule has 1 unspecified atom stereocenters. The van der Waals surface area contributed by atoms with E-state index in [4.69, 9.17) is 11.6 Å². The lowest BCUT2D eigenvalue weighted by Gasteiger charge is -2.16. The van der Waals surface area contributed by atoms with E-state index in [2.05, 4.69) is 10.6 Å². The summed E-state index contributed by atoms with van der Waals surface area (Å²) in [5, 5.41) is 6.08. The number of hydrogen-bond acceptors (Lipinski definition) is 2. The van der Waals surface area contributed by atoms with Crippen molar-refractivity contribution in [1.29, 1.82) is 0 Å². The molecule has 3 nitrogen and oxygen atoms in total. The highest BCUT2D eigenvalue weighted by Crippen LogP contribution is 2.22. The van der Waals surface area contributed by atoms with E-state index in [1.165, 1.54) is 6.07 Å². The number of nitrogens with one attached hydrogen (secondary N) is 2. The monoisotopic (exact) mass is 324 g/mol. The van der Waals surface area contributed by atoms with Gasteiger partial charge in [-0.3, -0.25) is 4.79 Å². The summed E-state index contributed by atoms with van der Waals surface area (Å²) in [5.74, 6) is -2.17. The predicted octanol–water partition coefficient (Wildman–Crippen LogP) is 3.91. The van der Waals surface area contributed by atoms with Crippen molar-refractivity contribution >= 4 is 23.2 Å². The van der Waals surface area contributed by atoms with E-state index in [1.807, 2.05) is 25.1 Å². The Hall–Kier alpha value is -2.14. The molecule has 2 aromatic carbocycles. The lowest BCUT2D eigenvalue weighted by atomic mass is 10.1. The normalized spacial score (nSPS) is 11.8. The molecule has 0 aliphatic carbocycles. The topological polar surface area (TPSA) is 41.1 Å². The number of carbonyl (C=O) groups excluding carboxylic acids is 1. The van der Waals surface area contributed by atoms with Gasteiger partial charge in [0.25, 0.3) is 0 Å². The molecule has 2 N–H and O–H groups in total. The third-order valence-electron chi connectivity index (χ3n) is 3.12. The van der Waals surface area contributed by atoms with Crippen molar-refractivity contribution < 1.29 is 13.6 Å². The molecule has 0 saturated carbocycles. The molecule has 6 heteroatoms. The number of benzene rings is 2. The predicted molar refractivity (Wildman–Crippen MR) is 82.9 cm³/mol. The fourth-order valence-corrected chi connectivity index (χ4v) is 2.28. The molecule has 1 amide bonds. The van der Waals surface area contributed by atoms with Gasteiger partial charge < -0.3 is 10.6 Å². The standard InChI is InChI=1S/C16H15ClF2N2O/c1-10(12-4-2-3-5-13(12)17)21-16(22)9-20-11-6-7-14(18)15(19)8-11/h2-8,10,20H,9H2,1H3,(H,21,22). The molecule has 1 atom stereocenters. The Bertz CT molecular complexity index is 679. The van der Waals surface area contributed by atoms with E-state index in [-0.39, 0.29) is 18.5 Å². The van der Waals surface area contributed by atoms with E-state index in [0.717, 1.165) is 17.7 Å². The first-order chi connectivity index (χ1) is 10.5.